The fourth-order valence-electron chi connectivity index (χ4n) is 4.54. The quantitative estimate of drug-likeness (QED) is 0.651. The van der Waals surface area contributed by atoms with Crippen LogP contribution >= 0.6 is 0 Å². The number of nitrogens with zero attached hydrogens (tertiary/aromatic N) is 3. The van der Waals surface area contributed by atoms with Gasteiger partial charge in [0.25, 0.3) is 5.91 Å². The SMILES string of the molecule is CC1=NC(NC(=O)Nc2cccc(C)c2)C(=O)N(CC(=O)N(C(C)C)C(C)C)c2c(C)cccc21. The molecule has 2 N–H and O–H groups in total. The Labute approximate surface area is 207 Å². The Kier molecular flexibility index (Phi) is 7.94. The van der Waals surface area contributed by atoms with Crippen LogP contribution in [0.1, 0.15) is 51.3 Å². The molecule has 0 spiro atoms. The monoisotopic (exact) mass is 477 g/mol. The van der Waals surface area contributed by atoms with Gasteiger partial charge in [-0.2, -0.15) is 0 Å². The third-order valence-electron chi connectivity index (χ3n) is 5.96. The van der Waals surface area contributed by atoms with Gasteiger partial charge in [0.15, 0.2) is 0 Å². The van der Waals surface area contributed by atoms with Crippen molar-refractivity contribution in [1.82, 2.24) is 10.2 Å². The molecular formula is C27H35N5O3. The lowest BCUT2D eigenvalue weighted by Crippen LogP contribution is -2.53. The molecule has 3 rings (SSSR count). The van der Waals surface area contributed by atoms with E-state index in [2.05, 4.69) is 15.6 Å². The second-order valence-electron chi connectivity index (χ2n) is 9.47. The van der Waals surface area contributed by atoms with E-state index < -0.39 is 18.1 Å². The first-order valence-corrected chi connectivity index (χ1v) is 11.9. The van der Waals surface area contributed by atoms with Crippen molar-refractivity contribution in [3.05, 3.63) is 59.2 Å². The molecule has 2 aromatic rings. The van der Waals surface area contributed by atoms with Gasteiger partial charge in [-0.05, 0) is 71.7 Å². The average molecular weight is 478 g/mol. The van der Waals surface area contributed by atoms with Crippen molar-refractivity contribution in [2.24, 2.45) is 4.99 Å². The van der Waals surface area contributed by atoms with Crippen molar-refractivity contribution in [3.8, 4) is 0 Å². The highest BCUT2D eigenvalue weighted by molar-refractivity contribution is 6.14. The number of carbonyl (C=O) groups excluding carboxylic acids is 3. The molecule has 186 valence electrons. The first kappa shape index (κ1) is 25.9. The highest BCUT2D eigenvalue weighted by Crippen LogP contribution is 2.29. The molecule has 1 aliphatic rings. The van der Waals surface area contributed by atoms with Gasteiger partial charge in [-0.25, -0.2) is 4.79 Å². The van der Waals surface area contributed by atoms with Crippen molar-refractivity contribution in [1.29, 1.82) is 0 Å². The standard InChI is InChI=1S/C27H35N5O3/c1-16(2)32(17(3)4)23(33)15-31-24-19(6)11-9-13-22(24)20(7)28-25(26(31)34)30-27(35)29-21-12-8-10-18(5)14-21/h8-14,16-17,25H,15H2,1-7H3,(H2,29,30,35). The normalized spacial score (nSPS) is 15.5. The van der Waals surface area contributed by atoms with Crippen LogP contribution in [0.4, 0.5) is 16.2 Å². The second kappa shape index (κ2) is 10.7. The molecule has 1 aliphatic heterocycles. The van der Waals surface area contributed by atoms with E-state index in [0.717, 1.165) is 16.7 Å². The van der Waals surface area contributed by atoms with E-state index in [-0.39, 0.29) is 24.5 Å². The van der Waals surface area contributed by atoms with Crippen molar-refractivity contribution in [2.45, 2.75) is 66.7 Å². The number of hydrogen-bond donors (Lipinski definition) is 2. The number of benzodiazepines with no additional fused rings is 1. The number of carbonyl (C=O) groups is 3. The summed E-state index contributed by atoms with van der Waals surface area (Å²) in [6.07, 6.45) is -1.18. The fourth-order valence-corrected chi connectivity index (χ4v) is 4.54. The summed E-state index contributed by atoms with van der Waals surface area (Å²) in [5.74, 6) is -0.627. The molecule has 0 fully saturated rings. The van der Waals surface area contributed by atoms with Crippen molar-refractivity contribution in [2.75, 3.05) is 16.8 Å². The second-order valence-corrected chi connectivity index (χ2v) is 9.47. The number of aryl methyl sites for hydroxylation is 2. The van der Waals surface area contributed by atoms with Gasteiger partial charge in [-0.1, -0.05) is 30.3 Å². The summed E-state index contributed by atoms with van der Waals surface area (Å²) in [5.41, 5.74) is 4.47. The lowest BCUT2D eigenvalue weighted by atomic mass is 10.0. The van der Waals surface area contributed by atoms with Gasteiger partial charge in [0.2, 0.25) is 12.1 Å². The van der Waals surface area contributed by atoms with Crippen LogP contribution in [0.3, 0.4) is 0 Å². The van der Waals surface area contributed by atoms with Crippen LogP contribution in [-0.4, -0.2) is 53.3 Å². The molecule has 8 nitrogen and oxygen atoms in total. The number of aliphatic imine (C=N–C) groups is 1. The van der Waals surface area contributed by atoms with Crippen LogP contribution in [0.25, 0.3) is 0 Å². The minimum atomic E-state index is -1.18. The molecule has 1 unspecified atom stereocenters. The van der Waals surface area contributed by atoms with Gasteiger partial charge in [0.05, 0.1) is 5.69 Å². The van der Waals surface area contributed by atoms with Gasteiger partial charge in [-0.3, -0.25) is 19.5 Å². The van der Waals surface area contributed by atoms with Gasteiger partial charge in [-0.15, -0.1) is 0 Å². The lowest BCUT2D eigenvalue weighted by molar-refractivity contribution is -0.134. The van der Waals surface area contributed by atoms with Crippen molar-refractivity contribution in [3.63, 3.8) is 0 Å². The Hall–Kier alpha value is -3.68. The largest absolute Gasteiger partial charge is 0.336 e. The summed E-state index contributed by atoms with van der Waals surface area (Å²) < 4.78 is 0. The molecule has 0 saturated carbocycles. The van der Waals surface area contributed by atoms with E-state index in [1.165, 1.54) is 4.90 Å². The number of amides is 4. The zero-order valence-corrected chi connectivity index (χ0v) is 21.5. The minimum absolute atomic E-state index is 0.0204. The number of anilines is 2. The number of benzene rings is 2. The van der Waals surface area contributed by atoms with Crippen molar-refractivity contribution >= 4 is 34.9 Å². The Morgan fingerprint density at radius 2 is 1.69 bits per heavy atom. The minimum Gasteiger partial charge on any atom is -0.336 e. The summed E-state index contributed by atoms with van der Waals surface area (Å²) in [6.45, 7) is 13.3. The molecule has 8 heteroatoms. The predicted octanol–water partition coefficient (Wildman–Crippen LogP) is 4.25. The fraction of sp³-hybridized carbons (Fsp3) is 0.407. The van der Waals surface area contributed by atoms with Crippen molar-refractivity contribution < 1.29 is 14.4 Å². The van der Waals surface area contributed by atoms with E-state index in [1.54, 1.807) is 17.9 Å². The number of fused-ring (bicyclic) bond motifs is 1. The number of urea groups is 1. The summed E-state index contributed by atoms with van der Waals surface area (Å²) in [4.78, 5) is 47.6. The lowest BCUT2D eigenvalue weighted by Gasteiger charge is -2.34. The zero-order chi connectivity index (χ0) is 25.9. The first-order valence-electron chi connectivity index (χ1n) is 11.9. The smallest absolute Gasteiger partial charge is 0.321 e. The van der Waals surface area contributed by atoms with Crippen LogP contribution in [0.15, 0.2) is 47.5 Å². The van der Waals surface area contributed by atoms with E-state index in [1.807, 2.05) is 77.9 Å². The van der Waals surface area contributed by atoms with Gasteiger partial charge < -0.3 is 15.5 Å². The molecule has 4 amide bonds. The molecule has 0 aromatic heterocycles. The molecule has 0 saturated heterocycles. The predicted molar refractivity (Wildman–Crippen MR) is 140 cm³/mol. The summed E-state index contributed by atoms with van der Waals surface area (Å²) in [5, 5.41) is 5.44. The number of nitrogens with one attached hydrogen (secondary N) is 2. The molecule has 2 aromatic carbocycles. The first-order chi connectivity index (χ1) is 16.5. The maximum Gasteiger partial charge on any atom is 0.321 e. The van der Waals surface area contributed by atoms with E-state index in [4.69, 9.17) is 0 Å². The third kappa shape index (κ3) is 5.88. The molecule has 1 atom stereocenters. The summed E-state index contributed by atoms with van der Waals surface area (Å²) >= 11 is 0. The van der Waals surface area contributed by atoms with Crippen LogP contribution in [0.5, 0.6) is 0 Å². The van der Waals surface area contributed by atoms with Crippen LogP contribution < -0.4 is 15.5 Å². The van der Waals surface area contributed by atoms with E-state index in [0.29, 0.717) is 17.1 Å². The maximum atomic E-state index is 13.8. The molecule has 0 radical (unpaired) electrons. The van der Waals surface area contributed by atoms with Crippen LogP contribution in [0, 0.1) is 13.8 Å². The highest BCUT2D eigenvalue weighted by Gasteiger charge is 2.35. The molecule has 1 heterocycles. The maximum absolute atomic E-state index is 13.8. The molecule has 0 aliphatic carbocycles. The topological polar surface area (TPSA) is 94.1 Å². The van der Waals surface area contributed by atoms with Gasteiger partial charge >= 0.3 is 6.03 Å². The number of hydrogen-bond acceptors (Lipinski definition) is 4. The van der Waals surface area contributed by atoms with Gasteiger partial charge in [0.1, 0.15) is 6.54 Å². The summed E-state index contributed by atoms with van der Waals surface area (Å²) in [7, 11) is 0. The Bertz CT molecular complexity index is 1150. The zero-order valence-electron chi connectivity index (χ0n) is 21.5. The van der Waals surface area contributed by atoms with E-state index in [9.17, 15) is 14.4 Å². The van der Waals surface area contributed by atoms with Crippen LogP contribution in [-0.2, 0) is 9.59 Å². The Morgan fingerprint density at radius 1 is 1.03 bits per heavy atom. The van der Waals surface area contributed by atoms with E-state index >= 15 is 0 Å². The third-order valence-corrected chi connectivity index (χ3v) is 5.96. The summed E-state index contributed by atoms with van der Waals surface area (Å²) in [6, 6.07) is 12.5. The highest BCUT2D eigenvalue weighted by atomic mass is 16.2. The van der Waals surface area contributed by atoms with Gasteiger partial charge in [0, 0.05) is 29.0 Å². The number of para-hydroxylation sites is 1. The number of rotatable bonds is 6. The Morgan fingerprint density at radius 3 is 2.31 bits per heavy atom. The molecular weight excluding hydrogens is 442 g/mol. The van der Waals surface area contributed by atoms with Crippen LogP contribution in [0.2, 0.25) is 0 Å². The average Bonchev–Trinajstić information content (AvgIpc) is 2.84. The molecule has 0 bridgehead atoms. The Balaban J connectivity index is 1.94. The molecule has 35 heavy (non-hydrogen) atoms.